The van der Waals surface area contributed by atoms with Crippen molar-refractivity contribution >= 4 is 28.6 Å². The molecule has 5 nitrogen and oxygen atoms in total. The van der Waals surface area contributed by atoms with Crippen LogP contribution in [-0.4, -0.2) is 43.8 Å². The Hall–Kier alpha value is -2.92. The van der Waals surface area contributed by atoms with E-state index in [0.29, 0.717) is 11.1 Å². The molecule has 0 bridgehead atoms. The first-order valence-electron chi connectivity index (χ1n) is 9.12. The average molecular weight is 363 g/mol. The zero-order valence-electron chi connectivity index (χ0n) is 16.0. The number of nitrogens with zero attached hydrogens (tertiary/aromatic N) is 1. The van der Waals surface area contributed by atoms with E-state index in [2.05, 4.69) is 15.5 Å². The SMILES string of the molecule is CC(=O)c1ccc2c(c1)/C(=C(/NCCCN(C)C)c1ccccc1)C(=O)N2. The summed E-state index contributed by atoms with van der Waals surface area (Å²) in [6.07, 6.45) is 0.957. The van der Waals surface area contributed by atoms with Crippen molar-refractivity contribution in [2.75, 3.05) is 32.5 Å². The van der Waals surface area contributed by atoms with Gasteiger partial charge in [0.1, 0.15) is 0 Å². The van der Waals surface area contributed by atoms with E-state index in [-0.39, 0.29) is 11.7 Å². The average Bonchev–Trinajstić information content (AvgIpc) is 2.97. The van der Waals surface area contributed by atoms with Crippen molar-refractivity contribution in [2.45, 2.75) is 13.3 Å². The summed E-state index contributed by atoms with van der Waals surface area (Å²) in [4.78, 5) is 26.7. The molecule has 0 radical (unpaired) electrons. The lowest BCUT2D eigenvalue weighted by molar-refractivity contribution is -0.110. The Balaban J connectivity index is 2.04. The lowest BCUT2D eigenvalue weighted by Crippen LogP contribution is -2.22. The molecule has 2 N–H and O–H groups in total. The third kappa shape index (κ3) is 4.26. The van der Waals surface area contributed by atoms with Gasteiger partial charge in [0.25, 0.3) is 5.91 Å². The minimum atomic E-state index is -0.148. The lowest BCUT2D eigenvalue weighted by Gasteiger charge is -2.16. The normalized spacial score (nSPS) is 14.7. The van der Waals surface area contributed by atoms with Crippen molar-refractivity contribution in [3.63, 3.8) is 0 Å². The highest BCUT2D eigenvalue weighted by atomic mass is 16.2. The highest BCUT2D eigenvalue weighted by Gasteiger charge is 2.28. The highest BCUT2D eigenvalue weighted by molar-refractivity contribution is 6.36. The standard InChI is InChI=1S/C22H25N3O2/c1-15(26)17-10-11-19-18(14-17)20(22(27)24-19)21(16-8-5-4-6-9-16)23-12-7-13-25(2)3/h4-6,8-11,14,23H,7,12-13H2,1-3H3,(H,24,27)/b21-20-. The number of rotatable bonds is 7. The van der Waals surface area contributed by atoms with Gasteiger partial charge in [-0.15, -0.1) is 0 Å². The number of carbonyl (C=O) groups is 2. The molecule has 5 heteroatoms. The van der Waals surface area contributed by atoms with Gasteiger partial charge in [0.2, 0.25) is 0 Å². The molecule has 140 valence electrons. The summed E-state index contributed by atoms with van der Waals surface area (Å²) in [6, 6.07) is 15.2. The Morgan fingerprint density at radius 1 is 1.07 bits per heavy atom. The maximum absolute atomic E-state index is 12.8. The zero-order chi connectivity index (χ0) is 19.4. The van der Waals surface area contributed by atoms with Gasteiger partial charge in [-0.3, -0.25) is 9.59 Å². The Morgan fingerprint density at radius 3 is 2.48 bits per heavy atom. The smallest absolute Gasteiger partial charge is 0.258 e. The second kappa shape index (κ2) is 8.18. The molecule has 1 aliphatic heterocycles. The minimum absolute atomic E-state index is 0.0169. The van der Waals surface area contributed by atoms with Crippen LogP contribution in [0.4, 0.5) is 5.69 Å². The van der Waals surface area contributed by atoms with Crippen LogP contribution in [-0.2, 0) is 4.79 Å². The maximum Gasteiger partial charge on any atom is 0.258 e. The number of nitrogens with one attached hydrogen (secondary N) is 2. The summed E-state index contributed by atoms with van der Waals surface area (Å²) >= 11 is 0. The number of hydrogen-bond acceptors (Lipinski definition) is 4. The van der Waals surface area contributed by atoms with E-state index < -0.39 is 0 Å². The second-order valence-corrected chi connectivity index (χ2v) is 6.97. The van der Waals surface area contributed by atoms with Crippen LogP contribution in [0, 0.1) is 0 Å². The third-order valence-electron chi connectivity index (χ3n) is 4.57. The Labute approximate surface area is 160 Å². The van der Waals surface area contributed by atoms with E-state index in [9.17, 15) is 9.59 Å². The molecule has 0 aliphatic carbocycles. The molecule has 0 unspecified atom stereocenters. The first-order chi connectivity index (χ1) is 13.0. The van der Waals surface area contributed by atoms with Crippen LogP contribution >= 0.6 is 0 Å². The number of Topliss-reactive ketones (excluding diaryl/α,β-unsaturated/α-hetero) is 1. The van der Waals surface area contributed by atoms with Gasteiger partial charge < -0.3 is 15.5 Å². The largest absolute Gasteiger partial charge is 0.384 e. The molecule has 1 heterocycles. The first kappa shape index (κ1) is 18.9. The van der Waals surface area contributed by atoms with Crippen LogP contribution in [0.1, 0.15) is 34.8 Å². The van der Waals surface area contributed by atoms with E-state index in [1.54, 1.807) is 18.2 Å². The van der Waals surface area contributed by atoms with Crippen molar-refractivity contribution in [2.24, 2.45) is 0 Å². The van der Waals surface area contributed by atoms with Gasteiger partial charge in [-0.25, -0.2) is 0 Å². The number of amides is 1. The molecule has 27 heavy (non-hydrogen) atoms. The fraction of sp³-hybridized carbons (Fsp3) is 0.273. The van der Waals surface area contributed by atoms with Crippen molar-refractivity contribution in [3.8, 4) is 0 Å². The maximum atomic E-state index is 12.8. The quantitative estimate of drug-likeness (QED) is 0.450. The number of fused-ring (bicyclic) bond motifs is 1. The van der Waals surface area contributed by atoms with Crippen molar-refractivity contribution in [1.82, 2.24) is 10.2 Å². The number of carbonyl (C=O) groups excluding carboxylic acids is 2. The molecule has 3 rings (SSSR count). The molecular formula is C22H25N3O2. The van der Waals surface area contributed by atoms with Crippen molar-refractivity contribution in [3.05, 3.63) is 65.2 Å². The number of ketones is 1. The van der Waals surface area contributed by atoms with Crippen molar-refractivity contribution in [1.29, 1.82) is 0 Å². The molecule has 0 fully saturated rings. The van der Waals surface area contributed by atoms with Crippen LogP contribution < -0.4 is 10.6 Å². The predicted molar refractivity (Wildman–Crippen MR) is 110 cm³/mol. The fourth-order valence-electron chi connectivity index (χ4n) is 3.18. The van der Waals surface area contributed by atoms with Gasteiger partial charge >= 0.3 is 0 Å². The van der Waals surface area contributed by atoms with Crippen LogP contribution in [0.25, 0.3) is 11.3 Å². The molecule has 0 atom stereocenters. The van der Waals surface area contributed by atoms with E-state index in [1.165, 1.54) is 6.92 Å². The molecular weight excluding hydrogens is 338 g/mol. The minimum Gasteiger partial charge on any atom is -0.384 e. The number of anilines is 1. The summed E-state index contributed by atoms with van der Waals surface area (Å²) < 4.78 is 0. The monoisotopic (exact) mass is 363 g/mol. The molecule has 2 aromatic rings. The van der Waals surface area contributed by atoms with Crippen LogP contribution in [0.3, 0.4) is 0 Å². The molecule has 0 spiro atoms. The third-order valence-corrected chi connectivity index (χ3v) is 4.57. The van der Waals surface area contributed by atoms with E-state index in [1.807, 2.05) is 44.4 Å². The van der Waals surface area contributed by atoms with Gasteiger partial charge in [-0.2, -0.15) is 0 Å². The molecule has 1 amide bonds. The summed E-state index contributed by atoms with van der Waals surface area (Å²) in [6.45, 7) is 3.25. The summed E-state index contributed by atoms with van der Waals surface area (Å²) in [5, 5.41) is 6.38. The summed E-state index contributed by atoms with van der Waals surface area (Å²) in [7, 11) is 4.08. The topological polar surface area (TPSA) is 61.4 Å². The Morgan fingerprint density at radius 2 is 1.81 bits per heavy atom. The molecule has 2 aromatic carbocycles. The van der Waals surface area contributed by atoms with Gasteiger partial charge in [-0.05, 0) is 57.7 Å². The van der Waals surface area contributed by atoms with E-state index in [0.717, 1.165) is 42.0 Å². The predicted octanol–water partition coefficient (Wildman–Crippen LogP) is 3.25. The highest BCUT2D eigenvalue weighted by Crippen LogP contribution is 2.36. The van der Waals surface area contributed by atoms with Crippen LogP contribution in [0.5, 0.6) is 0 Å². The van der Waals surface area contributed by atoms with Gasteiger partial charge in [0.15, 0.2) is 5.78 Å². The van der Waals surface area contributed by atoms with Crippen LogP contribution in [0.2, 0.25) is 0 Å². The van der Waals surface area contributed by atoms with Gasteiger partial charge in [-0.1, -0.05) is 30.3 Å². The fourth-order valence-corrected chi connectivity index (χ4v) is 3.18. The van der Waals surface area contributed by atoms with Crippen LogP contribution in [0.15, 0.2) is 48.5 Å². The molecule has 1 aliphatic rings. The molecule has 0 aromatic heterocycles. The lowest BCUT2D eigenvalue weighted by atomic mass is 9.98. The molecule has 0 saturated heterocycles. The molecule has 0 saturated carbocycles. The zero-order valence-corrected chi connectivity index (χ0v) is 16.0. The summed E-state index contributed by atoms with van der Waals surface area (Å²) in [5.74, 6) is -0.165. The second-order valence-electron chi connectivity index (χ2n) is 6.97. The Bertz CT molecular complexity index is 886. The number of hydrogen-bond donors (Lipinski definition) is 2. The first-order valence-corrected chi connectivity index (χ1v) is 9.12. The Kier molecular flexibility index (Phi) is 5.72. The van der Waals surface area contributed by atoms with Crippen molar-refractivity contribution < 1.29 is 9.59 Å². The summed E-state index contributed by atoms with van der Waals surface area (Å²) in [5.41, 5.74) is 4.45. The van der Waals surface area contributed by atoms with E-state index in [4.69, 9.17) is 0 Å². The van der Waals surface area contributed by atoms with E-state index >= 15 is 0 Å². The van der Waals surface area contributed by atoms with Gasteiger partial charge in [0.05, 0.1) is 11.3 Å². The number of benzene rings is 2. The van der Waals surface area contributed by atoms with Gasteiger partial charge in [0, 0.05) is 23.4 Å².